The van der Waals surface area contributed by atoms with Gasteiger partial charge in [-0.15, -0.1) is 0 Å². The number of ether oxygens (including phenoxy) is 1. The van der Waals surface area contributed by atoms with Gasteiger partial charge in [-0.05, 0) is 31.0 Å². The molecule has 1 aliphatic heterocycles. The van der Waals surface area contributed by atoms with Crippen molar-refractivity contribution in [1.29, 1.82) is 0 Å². The average Bonchev–Trinajstić information content (AvgIpc) is 2.84. The highest BCUT2D eigenvalue weighted by Crippen LogP contribution is 2.17. The summed E-state index contributed by atoms with van der Waals surface area (Å²) >= 11 is 0. The van der Waals surface area contributed by atoms with Crippen LogP contribution < -0.4 is 10.1 Å². The van der Waals surface area contributed by atoms with Crippen LogP contribution in [0.3, 0.4) is 0 Å². The summed E-state index contributed by atoms with van der Waals surface area (Å²) in [6.07, 6.45) is 1.40. The fourth-order valence-corrected chi connectivity index (χ4v) is 2.31. The summed E-state index contributed by atoms with van der Waals surface area (Å²) in [6, 6.07) is 7.48. The van der Waals surface area contributed by atoms with Crippen molar-refractivity contribution < 1.29 is 14.3 Å². The van der Waals surface area contributed by atoms with Crippen LogP contribution in [0.4, 0.5) is 0 Å². The summed E-state index contributed by atoms with van der Waals surface area (Å²) in [4.78, 5) is 25.0. The molecule has 1 saturated heterocycles. The topological polar surface area (TPSA) is 58.6 Å². The van der Waals surface area contributed by atoms with Gasteiger partial charge in [-0.1, -0.05) is 12.1 Å². The van der Waals surface area contributed by atoms with Gasteiger partial charge in [0.15, 0.2) is 0 Å². The Labute approximate surface area is 118 Å². The van der Waals surface area contributed by atoms with Crippen LogP contribution in [0.25, 0.3) is 0 Å². The normalized spacial score (nSPS) is 16.1. The van der Waals surface area contributed by atoms with E-state index in [4.69, 9.17) is 4.74 Å². The first-order chi connectivity index (χ1) is 9.60. The summed E-state index contributed by atoms with van der Waals surface area (Å²) in [5.41, 5.74) is 1.01. The Hall–Kier alpha value is -2.04. The van der Waals surface area contributed by atoms with Crippen molar-refractivity contribution in [1.82, 2.24) is 10.2 Å². The van der Waals surface area contributed by atoms with E-state index in [1.165, 1.54) is 0 Å². The van der Waals surface area contributed by atoms with Crippen molar-refractivity contribution in [2.24, 2.45) is 0 Å². The van der Waals surface area contributed by atoms with E-state index in [0.29, 0.717) is 13.0 Å². The van der Waals surface area contributed by atoms with Crippen LogP contribution >= 0.6 is 0 Å². The smallest absolute Gasteiger partial charge is 0.240 e. The van der Waals surface area contributed by atoms with E-state index in [-0.39, 0.29) is 24.4 Å². The molecule has 2 rings (SSSR count). The van der Waals surface area contributed by atoms with Crippen LogP contribution in [0.1, 0.15) is 31.4 Å². The highest BCUT2D eigenvalue weighted by Gasteiger charge is 2.22. The molecule has 0 saturated carbocycles. The Morgan fingerprint density at radius 3 is 2.65 bits per heavy atom. The lowest BCUT2D eigenvalue weighted by molar-refractivity contribution is -0.133. The fraction of sp³-hybridized carbons (Fsp3) is 0.467. The van der Waals surface area contributed by atoms with Gasteiger partial charge in [-0.25, -0.2) is 0 Å². The third-order valence-electron chi connectivity index (χ3n) is 3.50. The second-order valence-electron chi connectivity index (χ2n) is 4.98. The molecule has 1 aliphatic rings. The first-order valence-electron chi connectivity index (χ1n) is 6.81. The van der Waals surface area contributed by atoms with Crippen molar-refractivity contribution >= 4 is 11.8 Å². The summed E-state index contributed by atoms with van der Waals surface area (Å²) in [7, 11) is 1.62. The van der Waals surface area contributed by atoms with Gasteiger partial charge in [0.25, 0.3) is 0 Å². The number of carbonyl (C=O) groups excluding carboxylic acids is 2. The van der Waals surface area contributed by atoms with Gasteiger partial charge >= 0.3 is 0 Å². The number of methoxy groups -OCH3 is 1. The zero-order chi connectivity index (χ0) is 14.5. The summed E-state index contributed by atoms with van der Waals surface area (Å²) < 4.78 is 5.10. The molecule has 1 aromatic carbocycles. The minimum atomic E-state index is -0.122. The van der Waals surface area contributed by atoms with Crippen molar-refractivity contribution in [2.45, 2.75) is 25.8 Å². The third-order valence-corrected chi connectivity index (χ3v) is 3.50. The Morgan fingerprint density at radius 2 is 2.10 bits per heavy atom. The van der Waals surface area contributed by atoms with Crippen LogP contribution in [-0.4, -0.2) is 36.9 Å². The van der Waals surface area contributed by atoms with Crippen molar-refractivity contribution in [3.63, 3.8) is 0 Å². The monoisotopic (exact) mass is 276 g/mol. The molecule has 0 aromatic heterocycles. The van der Waals surface area contributed by atoms with E-state index in [2.05, 4.69) is 5.32 Å². The molecule has 1 fully saturated rings. The Balaban J connectivity index is 1.87. The number of rotatable bonds is 5. The van der Waals surface area contributed by atoms with E-state index in [0.717, 1.165) is 17.7 Å². The molecule has 1 atom stereocenters. The first-order valence-corrected chi connectivity index (χ1v) is 6.81. The maximum Gasteiger partial charge on any atom is 0.240 e. The minimum Gasteiger partial charge on any atom is -0.497 e. The van der Waals surface area contributed by atoms with Crippen molar-refractivity contribution in [3.8, 4) is 5.75 Å². The quantitative estimate of drug-likeness (QED) is 0.886. The number of hydrogen-bond donors (Lipinski definition) is 1. The molecule has 0 aliphatic carbocycles. The lowest BCUT2D eigenvalue weighted by Gasteiger charge is -2.18. The van der Waals surface area contributed by atoms with Gasteiger partial charge < -0.3 is 15.0 Å². The Morgan fingerprint density at radius 1 is 1.40 bits per heavy atom. The molecule has 0 radical (unpaired) electrons. The number of amides is 2. The van der Waals surface area contributed by atoms with Gasteiger partial charge in [0, 0.05) is 13.0 Å². The molecule has 108 valence electrons. The molecule has 1 heterocycles. The molecule has 1 N–H and O–H groups in total. The number of carbonyl (C=O) groups is 2. The second kappa shape index (κ2) is 6.41. The number of hydrogen-bond acceptors (Lipinski definition) is 3. The van der Waals surface area contributed by atoms with Crippen molar-refractivity contribution in [3.05, 3.63) is 29.8 Å². The molecule has 5 heteroatoms. The molecular weight excluding hydrogens is 256 g/mol. The van der Waals surface area contributed by atoms with Crippen LogP contribution in [-0.2, 0) is 9.59 Å². The van der Waals surface area contributed by atoms with E-state index in [9.17, 15) is 9.59 Å². The van der Waals surface area contributed by atoms with Gasteiger partial charge in [0.1, 0.15) is 5.75 Å². The maximum atomic E-state index is 11.9. The van der Waals surface area contributed by atoms with Gasteiger partial charge in [-0.2, -0.15) is 0 Å². The van der Waals surface area contributed by atoms with Crippen LogP contribution in [0.15, 0.2) is 24.3 Å². The van der Waals surface area contributed by atoms with Crippen LogP contribution in [0.5, 0.6) is 5.75 Å². The van der Waals surface area contributed by atoms with Crippen molar-refractivity contribution in [2.75, 3.05) is 20.2 Å². The molecule has 0 spiro atoms. The zero-order valence-corrected chi connectivity index (χ0v) is 11.9. The predicted octanol–water partition coefficient (Wildman–Crippen LogP) is 1.49. The molecule has 2 amide bonds. The van der Waals surface area contributed by atoms with Gasteiger partial charge in [-0.3, -0.25) is 9.59 Å². The lowest BCUT2D eigenvalue weighted by atomic mass is 10.1. The average molecular weight is 276 g/mol. The molecule has 0 bridgehead atoms. The van der Waals surface area contributed by atoms with Crippen LogP contribution in [0.2, 0.25) is 0 Å². The fourth-order valence-electron chi connectivity index (χ4n) is 2.31. The van der Waals surface area contributed by atoms with E-state index in [1.807, 2.05) is 31.2 Å². The molecule has 5 nitrogen and oxygen atoms in total. The molecule has 20 heavy (non-hydrogen) atoms. The first kappa shape index (κ1) is 14.4. The largest absolute Gasteiger partial charge is 0.497 e. The van der Waals surface area contributed by atoms with E-state index < -0.39 is 0 Å². The highest BCUT2D eigenvalue weighted by molar-refractivity contribution is 5.86. The summed E-state index contributed by atoms with van der Waals surface area (Å²) in [5, 5.41) is 2.91. The molecule has 1 aromatic rings. The van der Waals surface area contributed by atoms with Gasteiger partial charge in [0.05, 0.1) is 19.7 Å². The standard InChI is InChI=1S/C15H20N2O3/c1-11(12-5-7-13(20-2)8-6-12)16-14(18)10-17-9-3-4-15(17)19/h5-8,11H,3-4,9-10H2,1-2H3,(H,16,18)/t11-/m0/s1. The predicted molar refractivity (Wildman–Crippen MR) is 75.4 cm³/mol. The van der Waals surface area contributed by atoms with E-state index >= 15 is 0 Å². The van der Waals surface area contributed by atoms with E-state index in [1.54, 1.807) is 12.0 Å². The molecule has 0 unspecified atom stereocenters. The zero-order valence-electron chi connectivity index (χ0n) is 11.9. The minimum absolute atomic E-state index is 0.0669. The number of likely N-dealkylation sites (tertiary alicyclic amines) is 1. The lowest BCUT2D eigenvalue weighted by Crippen LogP contribution is -2.38. The SMILES string of the molecule is COc1ccc([C@H](C)NC(=O)CN2CCCC2=O)cc1. The van der Waals surface area contributed by atoms with Gasteiger partial charge in [0.2, 0.25) is 11.8 Å². The number of nitrogens with zero attached hydrogens (tertiary/aromatic N) is 1. The summed E-state index contributed by atoms with van der Waals surface area (Å²) in [5.74, 6) is 0.732. The third kappa shape index (κ3) is 3.50. The maximum absolute atomic E-state index is 11.9. The Bertz CT molecular complexity index is 484. The highest BCUT2D eigenvalue weighted by atomic mass is 16.5. The van der Waals surface area contributed by atoms with Crippen LogP contribution in [0, 0.1) is 0 Å². The Kier molecular flexibility index (Phi) is 4.61. The molecular formula is C15H20N2O3. The number of nitrogens with one attached hydrogen (secondary N) is 1. The number of benzene rings is 1. The summed E-state index contributed by atoms with van der Waals surface area (Å²) in [6.45, 7) is 2.76. The second-order valence-corrected chi connectivity index (χ2v) is 4.98.